The SMILES string of the molecule is c1ccc2c(c1)oc1sc3c(c4ccc5[nH]c6cccc7c8ccccc8n3c4c5c67)c12. The first-order valence-electron chi connectivity index (χ1n) is 10.8. The van der Waals surface area contributed by atoms with Gasteiger partial charge in [-0.05, 0) is 29.7 Å². The number of nitrogens with zero attached hydrogens (tertiary/aromatic N) is 1. The number of aromatic amines is 1. The molecular formula is C28H14N2OS. The number of hydrogen-bond acceptors (Lipinski definition) is 2. The Labute approximate surface area is 184 Å². The van der Waals surface area contributed by atoms with Gasteiger partial charge in [0.05, 0.1) is 11.0 Å². The average molecular weight is 427 g/mol. The molecule has 0 bridgehead atoms. The average Bonchev–Trinajstić information content (AvgIpc) is 3.52. The summed E-state index contributed by atoms with van der Waals surface area (Å²) in [5.41, 5.74) is 5.86. The van der Waals surface area contributed by atoms with E-state index in [9.17, 15) is 0 Å². The van der Waals surface area contributed by atoms with E-state index in [4.69, 9.17) is 4.42 Å². The van der Waals surface area contributed by atoms with E-state index < -0.39 is 0 Å². The lowest BCUT2D eigenvalue weighted by Crippen LogP contribution is -1.83. The summed E-state index contributed by atoms with van der Waals surface area (Å²) in [4.78, 5) is 5.92. The van der Waals surface area contributed by atoms with Crippen LogP contribution < -0.4 is 0 Å². The monoisotopic (exact) mass is 426 g/mol. The van der Waals surface area contributed by atoms with E-state index in [0.717, 1.165) is 10.5 Å². The number of H-pyrrole nitrogens is 1. The molecule has 4 heteroatoms. The van der Waals surface area contributed by atoms with Gasteiger partial charge >= 0.3 is 0 Å². The van der Waals surface area contributed by atoms with Crippen LogP contribution in [-0.4, -0.2) is 9.38 Å². The normalized spacial score (nSPS) is 13.0. The number of furan rings is 1. The zero-order valence-corrected chi connectivity index (χ0v) is 17.6. The van der Waals surface area contributed by atoms with Gasteiger partial charge in [-0.25, -0.2) is 0 Å². The van der Waals surface area contributed by atoms with Crippen LogP contribution in [0.2, 0.25) is 0 Å². The fourth-order valence-corrected chi connectivity index (χ4v) is 7.11. The van der Waals surface area contributed by atoms with Crippen molar-refractivity contribution in [2.24, 2.45) is 0 Å². The molecule has 0 saturated carbocycles. The molecule has 0 aliphatic heterocycles. The van der Waals surface area contributed by atoms with Crippen LogP contribution in [0.25, 0.3) is 80.5 Å². The molecule has 4 aromatic carbocycles. The van der Waals surface area contributed by atoms with Crippen LogP contribution in [0.15, 0.2) is 83.3 Å². The first-order valence-corrected chi connectivity index (χ1v) is 11.6. The van der Waals surface area contributed by atoms with Crippen molar-refractivity contribution in [3.8, 4) is 0 Å². The second-order valence-electron chi connectivity index (χ2n) is 8.63. The number of para-hydroxylation sites is 2. The maximum absolute atomic E-state index is 6.30. The number of thiophene rings is 1. The summed E-state index contributed by atoms with van der Waals surface area (Å²) in [7, 11) is 0. The van der Waals surface area contributed by atoms with Crippen LogP contribution in [0.3, 0.4) is 0 Å². The fraction of sp³-hybridized carbons (Fsp3) is 0. The lowest BCUT2D eigenvalue weighted by Gasteiger charge is -2.01. The van der Waals surface area contributed by atoms with Crippen molar-refractivity contribution >= 4 is 91.8 Å². The summed E-state index contributed by atoms with van der Waals surface area (Å²) in [6.45, 7) is 0. The standard InChI is InChI=1S/C28H14N2OS/c1-3-10-20-14(6-1)15-8-5-9-18-22(15)25-19(29-18)13-12-17-23-24-16-7-2-4-11-21(16)31-28(24)32-27(23)30(20)26(17)25/h1-13,29H. The molecule has 0 radical (unpaired) electrons. The molecule has 0 unspecified atom stereocenters. The van der Waals surface area contributed by atoms with E-state index in [1.807, 2.05) is 6.07 Å². The van der Waals surface area contributed by atoms with Gasteiger partial charge in [-0.3, -0.25) is 4.40 Å². The van der Waals surface area contributed by atoms with Crippen molar-refractivity contribution in [1.29, 1.82) is 0 Å². The summed E-state index contributed by atoms with van der Waals surface area (Å²) in [6, 6.07) is 28.3. The van der Waals surface area contributed by atoms with Crippen LogP contribution in [0, 0.1) is 0 Å². The van der Waals surface area contributed by atoms with E-state index in [1.54, 1.807) is 11.3 Å². The summed E-state index contributed by atoms with van der Waals surface area (Å²) in [5.74, 6) is 0. The third-order valence-electron chi connectivity index (χ3n) is 7.11. The molecule has 0 spiro atoms. The Morgan fingerprint density at radius 1 is 0.625 bits per heavy atom. The molecule has 3 nitrogen and oxygen atoms in total. The minimum atomic E-state index is 0.958. The Kier molecular flexibility index (Phi) is 2.49. The number of fused-ring (bicyclic) bond motifs is 10. The van der Waals surface area contributed by atoms with Gasteiger partial charge in [0.25, 0.3) is 0 Å². The van der Waals surface area contributed by atoms with Crippen molar-refractivity contribution in [2.75, 3.05) is 0 Å². The number of aromatic nitrogens is 2. The molecule has 0 fully saturated rings. The molecule has 9 rings (SSSR count). The lowest BCUT2D eigenvalue weighted by atomic mass is 10.0. The van der Waals surface area contributed by atoms with Crippen LogP contribution in [-0.2, 0) is 0 Å². The van der Waals surface area contributed by atoms with E-state index in [1.165, 1.54) is 70.0 Å². The van der Waals surface area contributed by atoms with Crippen molar-refractivity contribution < 1.29 is 4.42 Å². The molecule has 5 heterocycles. The van der Waals surface area contributed by atoms with E-state index >= 15 is 0 Å². The zero-order chi connectivity index (χ0) is 20.6. The number of nitrogens with one attached hydrogen (secondary N) is 1. The van der Waals surface area contributed by atoms with E-state index in [2.05, 4.69) is 82.2 Å². The van der Waals surface area contributed by atoms with Crippen molar-refractivity contribution in [3.05, 3.63) is 78.9 Å². The Balaban J connectivity index is 1.75. The Bertz CT molecular complexity index is 2200. The maximum atomic E-state index is 6.30. The smallest absolute Gasteiger partial charge is 0.191 e. The first kappa shape index (κ1) is 15.7. The molecule has 32 heavy (non-hydrogen) atoms. The Morgan fingerprint density at radius 3 is 2.41 bits per heavy atom. The van der Waals surface area contributed by atoms with Crippen molar-refractivity contribution in [1.82, 2.24) is 9.38 Å². The van der Waals surface area contributed by atoms with Crippen molar-refractivity contribution in [3.63, 3.8) is 0 Å². The second-order valence-corrected chi connectivity index (χ2v) is 9.59. The number of benzene rings is 4. The number of rotatable bonds is 0. The van der Waals surface area contributed by atoms with Crippen molar-refractivity contribution in [2.45, 2.75) is 0 Å². The van der Waals surface area contributed by atoms with Gasteiger partial charge in [-0.15, -0.1) is 0 Å². The molecule has 1 N–H and O–H groups in total. The molecule has 0 aliphatic carbocycles. The summed E-state index contributed by atoms with van der Waals surface area (Å²) < 4.78 is 8.78. The summed E-state index contributed by atoms with van der Waals surface area (Å²) >= 11 is 1.76. The molecule has 148 valence electrons. The molecular weight excluding hydrogens is 412 g/mol. The highest BCUT2D eigenvalue weighted by Crippen LogP contribution is 2.49. The van der Waals surface area contributed by atoms with E-state index in [-0.39, 0.29) is 0 Å². The van der Waals surface area contributed by atoms with Gasteiger partial charge in [0.15, 0.2) is 4.90 Å². The van der Waals surface area contributed by atoms with Gasteiger partial charge in [0, 0.05) is 48.7 Å². The van der Waals surface area contributed by atoms with Crippen LogP contribution in [0.4, 0.5) is 0 Å². The van der Waals surface area contributed by atoms with Crippen LogP contribution >= 0.6 is 11.3 Å². The first-order chi connectivity index (χ1) is 15.9. The molecule has 0 saturated heterocycles. The second kappa shape index (κ2) is 5.06. The lowest BCUT2D eigenvalue weighted by molar-refractivity contribution is 0.678. The van der Waals surface area contributed by atoms with Gasteiger partial charge in [-0.2, -0.15) is 0 Å². The zero-order valence-electron chi connectivity index (χ0n) is 16.8. The van der Waals surface area contributed by atoms with Gasteiger partial charge in [0.1, 0.15) is 10.4 Å². The largest absolute Gasteiger partial charge is 0.445 e. The molecule has 9 aromatic rings. The molecule has 0 atom stereocenters. The molecule has 0 amide bonds. The molecule has 0 aliphatic rings. The van der Waals surface area contributed by atoms with Gasteiger partial charge < -0.3 is 9.40 Å². The minimum Gasteiger partial charge on any atom is -0.445 e. The summed E-state index contributed by atoms with van der Waals surface area (Å²) in [6.07, 6.45) is 0. The predicted molar refractivity (Wildman–Crippen MR) is 136 cm³/mol. The third kappa shape index (κ3) is 1.59. The number of hydrogen-bond donors (Lipinski definition) is 1. The third-order valence-corrected chi connectivity index (χ3v) is 8.16. The topological polar surface area (TPSA) is 33.3 Å². The fourth-order valence-electron chi connectivity index (χ4n) is 5.89. The minimum absolute atomic E-state index is 0.958. The molecule has 5 aromatic heterocycles. The maximum Gasteiger partial charge on any atom is 0.191 e. The van der Waals surface area contributed by atoms with E-state index in [0.29, 0.717) is 0 Å². The van der Waals surface area contributed by atoms with Crippen LogP contribution in [0.5, 0.6) is 0 Å². The predicted octanol–water partition coefficient (Wildman–Crippen LogP) is 8.43. The highest BCUT2D eigenvalue weighted by Gasteiger charge is 2.24. The highest BCUT2D eigenvalue weighted by atomic mass is 32.1. The quantitative estimate of drug-likeness (QED) is 0.259. The Morgan fingerprint density at radius 2 is 1.44 bits per heavy atom. The van der Waals surface area contributed by atoms with Gasteiger partial charge in [-0.1, -0.05) is 65.9 Å². The highest BCUT2D eigenvalue weighted by molar-refractivity contribution is 7.25. The summed E-state index contributed by atoms with van der Waals surface area (Å²) in [5, 5.41) is 10.2. The van der Waals surface area contributed by atoms with Crippen LogP contribution in [0.1, 0.15) is 0 Å². The Hall–Kier alpha value is -4.02. The van der Waals surface area contributed by atoms with Gasteiger partial charge in [0.2, 0.25) is 0 Å².